The highest BCUT2D eigenvalue weighted by molar-refractivity contribution is 8.23. The summed E-state index contributed by atoms with van der Waals surface area (Å²) in [5, 5.41) is 8.63. The Hall–Kier alpha value is -1.18. The van der Waals surface area contributed by atoms with E-state index in [1.165, 1.54) is 0 Å². The number of likely N-dealkylation sites (N-methyl/N-ethyl adjacent to an activating group) is 1. The SMILES string of the molecule is COc1ccc(CCN(C)C(=S)SCC(=O)O)cc1OC.Cl. The van der Waals surface area contributed by atoms with E-state index in [0.717, 1.165) is 23.7 Å². The molecule has 0 aromatic heterocycles. The highest BCUT2D eigenvalue weighted by Gasteiger charge is 2.09. The minimum absolute atomic E-state index is 0. The van der Waals surface area contributed by atoms with Gasteiger partial charge in [-0.25, -0.2) is 0 Å². The Morgan fingerprint density at radius 1 is 1.32 bits per heavy atom. The van der Waals surface area contributed by atoms with Crippen molar-refractivity contribution in [2.75, 3.05) is 33.6 Å². The summed E-state index contributed by atoms with van der Waals surface area (Å²) in [6.07, 6.45) is 0.782. The van der Waals surface area contributed by atoms with Gasteiger partial charge in [0.05, 0.1) is 20.0 Å². The Morgan fingerprint density at radius 2 is 1.95 bits per heavy atom. The highest BCUT2D eigenvalue weighted by atomic mass is 35.5. The molecule has 0 saturated heterocycles. The molecule has 0 fully saturated rings. The number of halogens is 1. The first-order chi connectivity index (χ1) is 9.97. The summed E-state index contributed by atoms with van der Waals surface area (Å²) < 4.78 is 11.0. The smallest absolute Gasteiger partial charge is 0.313 e. The van der Waals surface area contributed by atoms with E-state index in [0.29, 0.717) is 22.4 Å². The first kappa shape index (κ1) is 20.8. The van der Waals surface area contributed by atoms with Crippen molar-refractivity contribution in [2.24, 2.45) is 0 Å². The summed E-state index contributed by atoms with van der Waals surface area (Å²) in [5.41, 5.74) is 1.10. The maximum Gasteiger partial charge on any atom is 0.313 e. The van der Waals surface area contributed by atoms with Crippen LogP contribution in [0.2, 0.25) is 0 Å². The van der Waals surface area contributed by atoms with Gasteiger partial charge in [-0.1, -0.05) is 30.0 Å². The molecule has 1 aromatic carbocycles. The molecule has 22 heavy (non-hydrogen) atoms. The number of hydrogen-bond donors (Lipinski definition) is 1. The number of carbonyl (C=O) groups is 1. The Bertz CT molecular complexity index is 514. The second-order valence-electron chi connectivity index (χ2n) is 4.31. The summed E-state index contributed by atoms with van der Waals surface area (Å²) in [6.45, 7) is 0.709. The van der Waals surface area contributed by atoms with Crippen LogP contribution in [0.4, 0.5) is 0 Å². The number of thioether (sulfide) groups is 1. The first-order valence-corrected chi connectivity index (χ1v) is 7.68. The molecule has 1 rings (SSSR count). The van der Waals surface area contributed by atoms with Gasteiger partial charge in [0.2, 0.25) is 0 Å². The molecule has 0 saturated carbocycles. The Kier molecular flexibility index (Phi) is 9.97. The van der Waals surface area contributed by atoms with Gasteiger partial charge in [-0.3, -0.25) is 4.79 Å². The normalized spacial score (nSPS) is 9.59. The predicted molar refractivity (Wildman–Crippen MR) is 95.8 cm³/mol. The van der Waals surface area contributed by atoms with Crippen molar-refractivity contribution < 1.29 is 19.4 Å². The van der Waals surface area contributed by atoms with Crippen LogP contribution in [0.5, 0.6) is 11.5 Å². The van der Waals surface area contributed by atoms with Crippen molar-refractivity contribution >= 4 is 46.7 Å². The molecule has 5 nitrogen and oxygen atoms in total. The third-order valence-corrected chi connectivity index (χ3v) is 4.43. The van der Waals surface area contributed by atoms with E-state index in [2.05, 4.69) is 0 Å². The number of carboxylic acids is 1. The van der Waals surface area contributed by atoms with Crippen LogP contribution in [0.1, 0.15) is 5.56 Å². The number of benzene rings is 1. The summed E-state index contributed by atoms with van der Waals surface area (Å²) in [4.78, 5) is 12.4. The zero-order chi connectivity index (χ0) is 15.8. The second kappa shape index (κ2) is 10.5. The first-order valence-electron chi connectivity index (χ1n) is 6.28. The molecule has 124 valence electrons. The number of carboxylic acid groups (broad SMARTS) is 1. The van der Waals surface area contributed by atoms with Gasteiger partial charge in [0.15, 0.2) is 11.5 Å². The zero-order valence-electron chi connectivity index (χ0n) is 12.7. The molecule has 0 aliphatic heterocycles. The topological polar surface area (TPSA) is 59.0 Å². The van der Waals surface area contributed by atoms with Crippen molar-refractivity contribution in [1.29, 1.82) is 0 Å². The molecule has 0 atom stereocenters. The molecular weight excluding hydrogens is 346 g/mol. The fourth-order valence-electron chi connectivity index (χ4n) is 1.66. The Labute approximate surface area is 146 Å². The molecule has 0 amide bonds. The lowest BCUT2D eigenvalue weighted by Crippen LogP contribution is -2.25. The molecule has 0 aliphatic rings. The predicted octanol–water partition coefficient (Wildman–Crippen LogP) is 2.70. The number of nitrogens with zero attached hydrogens (tertiary/aromatic N) is 1. The number of hydrogen-bond acceptors (Lipinski definition) is 5. The van der Waals surface area contributed by atoms with Gasteiger partial charge in [0.1, 0.15) is 4.32 Å². The summed E-state index contributed by atoms with van der Waals surface area (Å²) in [6, 6.07) is 5.77. The molecular formula is C14H20ClNO4S2. The van der Waals surface area contributed by atoms with E-state index in [1.54, 1.807) is 14.2 Å². The van der Waals surface area contributed by atoms with Gasteiger partial charge in [0, 0.05) is 13.6 Å². The minimum atomic E-state index is -0.865. The van der Waals surface area contributed by atoms with Crippen LogP contribution in [0.15, 0.2) is 18.2 Å². The number of ether oxygens (including phenoxy) is 2. The van der Waals surface area contributed by atoms with E-state index < -0.39 is 5.97 Å². The van der Waals surface area contributed by atoms with Crippen LogP contribution in [0, 0.1) is 0 Å². The van der Waals surface area contributed by atoms with Crippen molar-refractivity contribution in [2.45, 2.75) is 6.42 Å². The minimum Gasteiger partial charge on any atom is -0.493 e. The largest absolute Gasteiger partial charge is 0.493 e. The maximum absolute atomic E-state index is 10.5. The standard InChI is InChI=1S/C14H19NO4S2.ClH/c1-15(14(20)21-9-13(16)17)7-6-10-4-5-11(18-2)12(8-10)19-3;/h4-5,8H,6-7,9H2,1-3H3,(H,16,17);1H. The number of thiocarbonyl (C=S) groups is 1. The lowest BCUT2D eigenvalue weighted by atomic mass is 10.1. The molecule has 8 heteroatoms. The van der Waals surface area contributed by atoms with Crippen LogP contribution >= 0.6 is 36.4 Å². The molecule has 0 radical (unpaired) electrons. The van der Waals surface area contributed by atoms with Crippen LogP contribution in [-0.2, 0) is 11.2 Å². The molecule has 0 heterocycles. The average molecular weight is 366 g/mol. The molecule has 0 bridgehead atoms. The van der Waals surface area contributed by atoms with Gasteiger partial charge >= 0.3 is 5.97 Å². The van der Waals surface area contributed by atoms with Crippen LogP contribution in [0.25, 0.3) is 0 Å². The van der Waals surface area contributed by atoms with Crippen molar-refractivity contribution in [3.05, 3.63) is 23.8 Å². The van der Waals surface area contributed by atoms with Crippen LogP contribution in [0.3, 0.4) is 0 Å². The van der Waals surface area contributed by atoms with E-state index >= 15 is 0 Å². The van der Waals surface area contributed by atoms with Gasteiger partial charge in [-0.2, -0.15) is 0 Å². The lowest BCUT2D eigenvalue weighted by Gasteiger charge is -2.19. The van der Waals surface area contributed by atoms with Crippen molar-refractivity contribution in [3.63, 3.8) is 0 Å². The quantitative estimate of drug-likeness (QED) is 0.745. The van der Waals surface area contributed by atoms with E-state index in [1.807, 2.05) is 30.1 Å². The maximum atomic E-state index is 10.5. The van der Waals surface area contributed by atoms with E-state index in [-0.39, 0.29) is 18.2 Å². The second-order valence-corrected chi connectivity index (χ2v) is 5.92. The third-order valence-electron chi connectivity index (χ3n) is 2.81. The number of rotatable bonds is 7. The summed E-state index contributed by atoms with van der Waals surface area (Å²) in [7, 11) is 5.06. The van der Waals surface area contributed by atoms with Gasteiger partial charge in [-0.05, 0) is 24.1 Å². The van der Waals surface area contributed by atoms with Gasteiger partial charge in [0.25, 0.3) is 0 Å². The van der Waals surface area contributed by atoms with Gasteiger partial charge < -0.3 is 19.5 Å². The summed E-state index contributed by atoms with van der Waals surface area (Å²) in [5.74, 6) is 0.512. The number of methoxy groups -OCH3 is 2. The highest BCUT2D eigenvalue weighted by Crippen LogP contribution is 2.27. The summed E-state index contributed by atoms with van der Waals surface area (Å²) >= 11 is 6.33. The fourth-order valence-corrected chi connectivity index (χ4v) is 2.48. The Morgan fingerprint density at radius 3 is 2.50 bits per heavy atom. The fraction of sp³-hybridized carbons (Fsp3) is 0.429. The van der Waals surface area contributed by atoms with Crippen LogP contribution < -0.4 is 9.47 Å². The van der Waals surface area contributed by atoms with E-state index in [9.17, 15) is 4.79 Å². The van der Waals surface area contributed by atoms with Gasteiger partial charge in [-0.15, -0.1) is 12.4 Å². The zero-order valence-corrected chi connectivity index (χ0v) is 15.1. The molecule has 0 aliphatic carbocycles. The van der Waals surface area contributed by atoms with Crippen LogP contribution in [-0.4, -0.2) is 53.9 Å². The molecule has 0 spiro atoms. The van der Waals surface area contributed by atoms with Crippen molar-refractivity contribution in [3.8, 4) is 11.5 Å². The number of aliphatic carboxylic acids is 1. The monoisotopic (exact) mass is 365 g/mol. The molecule has 1 N–H and O–H groups in total. The molecule has 1 aromatic rings. The lowest BCUT2D eigenvalue weighted by molar-refractivity contribution is -0.133. The third kappa shape index (κ3) is 6.72. The molecule has 0 unspecified atom stereocenters. The van der Waals surface area contributed by atoms with E-state index in [4.69, 9.17) is 26.8 Å². The Balaban J connectivity index is 0.00000441. The van der Waals surface area contributed by atoms with Crippen molar-refractivity contribution in [1.82, 2.24) is 4.90 Å². The average Bonchev–Trinajstić information content (AvgIpc) is 2.49.